The van der Waals surface area contributed by atoms with Crippen LogP contribution in [0.25, 0.3) is 11.0 Å². The Kier molecular flexibility index (Phi) is 2.10. The Morgan fingerprint density at radius 2 is 1.86 bits per heavy atom. The molecule has 4 heteroatoms. The standard InChI is InChI=1S/C10H9N3O/c1-7-10(6-11-14)13-9-5-3-2-4-8(9)12-7/h2-6,14H,1H3/b11-6-. The van der Waals surface area contributed by atoms with Gasteiger partial charge in [-0.25, -0.2) is 9.97 Å². The van der Waals surface area contributed by atoms with Crippen molar-refractivity contribution in [2.45, 2.75) is 6.92 Å². The van der Waals surface area contributed by atoms with Gasteiger partial charge in [0.05, 0.1) is 22.9 Å². The molecule has 0 atom stereocenters. The number of aromatic nitrogens is 2. The summed E-state index contributed by atoms with van der Waals surface area (Å²) in [6.07, 6.45) is 1.29. The van der Waals surface area contributed by atoms with Crippen molar-refractivity contribution >= 4 is 17.2 Å². The number of benzene rings is 1. The van der Waals surface area contributed by atoms with Crippen LogP contribution >= 0.6 is 0 Å². The lowest BCUT2D eigenvalue weighted by molar-refractivity contribution is 0.321. The highest BCUT2D eigenvalue weighted by Crippen LogP contribution is 2.10. The first-order chi connectivity index (χ1) is 6.81. The van der Waals surface area contributed by atoms with Gasteiger partial charge in [0.2, 0.25) is 0 Å². The summed E-state index contributed by atoms with van der Waals surface area (Å²) in [6.45, 7) is 1.83. The van der Waals surface area contributed by atoms with Crippen molar-refractivity contribution in [3.63, 3.8) is 0 Å². The van der Waals surface area contributed by atoms with E-state index in [-0.39, 0.29) is 0 Å². The lowest BCUT2D eigenvalue weighted by Crippen LogP contribution is -1.97. The minimum absolute atomic E-state index is 0.589. The van der Waals surface area contributed by atoms with Crippen LogP contribution in [0.15, 0.2) is 29.4 Å². The van der Waals surface area contributed by atoms with E-state index in [1.54, 1.807) is 0 Å². The van der Waals surface area contributed by atoms with Gasteiger partial charge in [0, 0.05) is 0 Å². The van der Waals surface area contributed by atoms with Crippen molar-refractivity contribution < 1.29 is 5.21 Å². The van der Waals surface area contributed by atoms with Crippen LogP contribution in [0.3, 0.4) is 0 Å². The predicted octanol–water partition coefficient (Wildman–Crippen LogP) is 1.75. The minimum Gasteiger partial charge on any atom is -0.411 e. The number of para-hydroxylation sites is 2. The molecular formula is C10H9N3O. The molecule has 2 rings (SSSR count). The zero-order valence-electron chi connectivity index (χ0n) is 7.68. The van der Waals surface area contributed by atoms with Gasteiger partial charge in [0.15, 0.2) is 0 Å². The summed E-state index contributed by atoms with van der Waals surface area (Å²) >= 11 is 0. The zero-order chi connectivity index (χ0) is 9.97. The molecule has 0 spiro atoms. The Labute approximate surface area is 80.9 Å². The lowest BCUT2D eigenvalue weighted by atomic mass is 10.2. The van der Waals surface area contributed by atoms with Gasteiger partial charge in [0.1, 0.15) is 5.69 Å². The number of hydrogen-bond acceptors (Lipinski definition) is 4. The molecule has 0 amide bonds. The van der Waals surface area contributed by atoms with Crippen molar-refractivity contribution in [2.24, 2.45) is 5.16 Å². The van der Waals surface area contributed by atoms with Crippen LogP contribution in [-0.2, 0) is 0 Å². The van der Waals surface area contributed by atoms with Crippen molar-refractivity contribution in [1.82, 2.24) is 9.97 Å². The average molecular weight is 187 g/mol. The van der Waals surface area contributed by atoms with E-state index in [0.29, 0.717) is 5.69 Å². The third-order valence-corrected chi connectivity index (χ3v) is 1.96. The van der Waals surface area contributed by atoms with E-state index in [0.717, 1.165) is 16.7 Å². The molecule has 4 nitrogen and oxygen atoms in total. The molecule has 1 aromatic carbocycles. The number of oxime groups is 1. The largest absolute Gasteiger partial charge is 0.411 e. The highest BCUT2D eigenvalue weighted by atomic mass is 16.4. The molecule has 0 radical (unpaired) electrons. The van der Waals surface area contributed by atoms with Gasteiger partial charge in [-0.2, -0.15) is 0 Å². The quantitative estimate of drug-likeness (QED) is 0.420. The van der Waals surface area contributed by atoms with Crippen LogP contribution in [0.2, 0.25) is 0 Å². The molecule has 0 aliphatic carbocycles. The van der Waals surface area contributed by atoms with E-state index in [9.17, 15) is 0 Å². The maximum absolute atomic E-state index is 8.42. The highest BCUT2D eigenvalue weighted by Gasteiger charge is 2.01. The SMILES string of the molecule is Cc1nc2ccccc2nc1/C=N\O. The molecule has 0 saturated heterocycles. The first kappa shape index (κ1) is 8.62. The Morgan fingerprint density at radius 3 is 2.50 bits per heavy atom. The van der Waals surface area contributed by atoms with Crippen LogP contribution < -0.4 is 0 Å². The summed E-state index contributed by atoms with van der Waals surface area (Å²) in [6, 6.07) is 7.58. The van der Waals surface area contributed by atoms with Gasteiger partial charge in [-0.1, -0.05) is 17.3 Å². The van der Waals surface area contributed by atoms with E-state index in [2.05, 4.69) is 15.1 Å². The van der Waals surface area contributed by atoms with E-state index in [4.69, 9.17) is 5.21 Å². The molecule has 0 bridgehead atoms. The molecule has 2 aromatic rings. The normalized spacial score (nSPS) is 11.2. The monoisotopic (exact) mass is 187 g/mol. The molecule has 1 heterocycles. The molecular weight excluding hydrogens is 178 g/mol. The maximum atomic E-state index is 8.42. The molecule has 0 unspecified atom stereocenters. The van der Waals surface area contributed by atoms with Crippen molar-refractivity contribution in [3.8, 4) is 0 Å². The molecule has 1 aromatic heterocycles. The number of rotatable bonds is 1. The van der Waals surface area contributed by atoms with Crippen molar-refractivity contribution in [2.75, 3.05) is 0 Å². The Hall–Kier alpha value is -1.97. The molecule has 0 saturated carbocycles. The Balaban J connectivity index is 2.70. The first-order valence-corrected chi connectivity index (χ1v) is 4.22. The number of nitrogens with zero attached hydrogens (tertiary/aromatic N) is 3. The highest BCUT2D eigenvalue weighted by molar-refractivity contribution is 5.83. The van der Waals surface area contributed by atoms with Gasteiger partial charge < -0.3 is 5.21 Å². The van der Waals surface area contributed by atoms with Gasteiger partial charge in [-0.05, 0) is 19.1 Å². The topological polar surface area (TPSA) is 58.4 Å². The van der Waals surface area contributed by atoms with E-state index < -0.39 is 0 Å². The fourth-order valence-electron chi connectivity index (χ4n) is 1.28. The minimum atomic E-state index is 0.589. The van der Waals surface area contributed by atoms with Gasteiger partial charge in [-0.15, -0.1) is 0 Å². The maximum Gasteiger partial charge on any atom is 0.107 e. The van der Waals surface area contributed by atoms with E-state index in [1.807, 2.05) is 31.2 Å². The first-order valence-electron chi connectivity index (χ1n) is 4.22. The van der Waals surface area contributed by atoms with E-state index in [1.165, 1.54) is 6.21 Å². The van der Waals surface area contributed by atoms with Crippen LogP contribution in [0.1, 0.15) is 11.4 Å². The van der Waals surface area contributed by atoms with Crippen molar-refractivity contribution in [1.29, 1.82) is 0 Å². The third kappa shape index (κ3) is 1.42. The summed E-state index contributed by atoms with van der Waals surface area (Å²) in [4.78, 5) is 8.62. The van der Waals surface area contributed by atoms with Gasteiger partial charge in [-0.3, -0.25) is 0 Å². The molecule has 70 valence electrons. The van der Waals surface area contributed by atoms with Gasteiger partial charge >= 0.3 is 0 Å². The fraction of sp³-hybridized carbons (Fsp3) is 0.100. The molecule has 0 fully saturated rings. The lowest BCUT2D eigenvalue weighted by Gasteiger charge is -2.00. The molecule has 1 N–H and O–H groups in total. The second-order valence-electron chi connectivity index (χ2n) is 2.93. The smallest absolute Gasteiger partial charge is 0.107 e. The second kappa shape index (κ2) is 3.41. The fourth-order valence-corrected chi connectivity index (χ4v) is 1.28. The van der Waals surface area contributed by atoms with E-state index >= 15 is 0 Å². The third-order valence-electron chi connectivity index (χ3n) is 1.96. The number of aryl methyl sites for hydroxylation is 1. The van der Waals surface area contributed by atoms with Crippen molar-refractivity contribution in [3.05, 3.63) is 35.7 Å². The van der Waals surface area contributed by atoms with Crippen LogP contribution in [0, 0.1) is 6.92 Å². The summed E-state index contributed by atoms with van der Waals surface area (Å²) in [7, 11) is 0. The molecule has 0 aliphatic rings. The summed E-state index contributed by atoms with van der Waals surface area (Å²) in [5.41, 5.74) is 2.99. The summed E-state index contributed by atoms with van der Waals surface area (Å²) in [5, 5.41) is 11.4. The Bertz CT molecular complexity index is 494. The summed E-state index contributed by atoms with van der Waals surface area (Å²) < 4.78 is 0. The summed E-state index contributed by atoms with van der Waals surface area (Å²) in [5.74, 6) is 0. The molecule has 14 heavy (non-hydrogen) atoms. The Morgan fingerprint density at radius 1 is 1.21 bits per heavy atom. The number of hydrogen-bond donors (Lipinski definition) is 1. The zero-order valence-corrected chi connectivity index (χ0v) is 7.68. The van der Waals surface area contributed by atoms with Crippen LogP contribution in [0.5, 0.6) is 0 Å². The average Bonchev–Trinajstić information content (AvgIpc) is 2.19. The van der Waals surface area contributed by atoms with Crippen LogP contribution in [0.4, 0.5) is 0 Å². The van der Waals surface area contributed by atoms with Gasteiger partial charge in [0.25, 0.3) is 0 Å². The second-order valence-corrected chi connectivity index (χ2v) is 2.93. The van der Waals surface area contributed by atoms with Crippen LogP contribution in [-0.4, -0.2) is 21.4 Å². The predicted molar refractivity (Wildman–Crippen MR) is 53.7 cm³/mol. The number of fused-ring (bicyclic) bond motifs is 1. The molecule has 0 aliphatic heterocycles.